The number of hydrogen-bond acceptors (Lipinski definition) is 4. The van der Waals surface area contributed by atoms with Gasteiger partial charge in [0.1, 0.15) is 0 Å². The molecule has 3 rings (SSSR count). The molecule has 0 radical (unpaired) electrons. The number of nitriles is 1. The first-order valence-corrected chi connectivity index (χ1v) is 11.2. The zero-order chi connectivity index (χ0) is 22.4. The van der Waals surface area contributed by atoms with Gasteiger partial charge in [0, 0.05) is 17.8 Å². The van der Waals surface area contributed by atoms with Crippen LogP contribution in [0, 0.1) is 11.3 Å². The van der Waals surface area contributed by atoms with Gasteiger partial charge in [0.2, 0.25) is 5.91 Å². The van der Waals surface area contributed by atoms with Crippen LogP contribution in [0.4, 0.5) is 11.4 Å². The molecule has 0 saturated carbocycles. The third-order valence-corrected chi connectivity index (χ3v) is 6.71. The van der Waals surface area contributed by atoms with E-state index in [1.165, 1.54) is 35.6 Å². The molecule has 1 amide bonds. The minimum Gasteiger partial charge on any atom is -0.326 e. The Kier molecular flexibility index (Phi) is 6.95. The molecule has 8 heteroatoms. The van der Waals surface area contributed by atoms with Crippen molar-refractivity contribution in [2.24, 2.45) is 0 Å². The van der Waals surface area contributed by atoms with Crippen LogP contribution in [-0.4, -0.2) is 21.4 Å². The van der Waals surface area contributed by atoms with Crippen LogP contribution in [0.1, 0.15) is 11.1 Å². The van der Waals surface area contributed by atoms with E-state index in [1.807, 2.05) is 0 Å². The number of benzene rings is 3. The third kappa shape index (κ3) is 5.63. The van der Waals surface area contributed by atoms with Gasteiger partial charge in [0.05, 0.1) is 29.5 Å². The van der Waals surface area contributed by atoms with Crippen molar-refractivity contribution in [3.63, 3.8) is 0 Å². The zero-order valence-electron chi connectivity index (χ0n) is 16.7. The van der Waals surface area contributed by atoms with Crippen molar-refractivity contribution in [1.82, 2.24) is 0 Å². The number of halogens is 1. The van der Waals surface area contributed by atoms with Crippen LogP contribution < -0.4 is 9.62 Å². The summed E-state index contributed by atoms with van der Waals surface area (Å²) in [5.41, 5.74) is 2.76. The SMILES string of the molecule is CN(c1ccc(CC(=O)Nc2ccc(CC#N)cc2)cc1)S(=O)(=O)c1ccc(Cl)cc1. The molecule has 1 N–H and O–H groups in total. The van der Waals surface area contributed by atoms with Crippen LogP contribution in [-0.2, 0) is 27.7 Å². The second-order valence-corrected chi connectivity index (χ2v) is 9.26. The fourth-order valence-electron chi connectivity index (χ4n) is 2.91. The van der Waals surface area contributed by atoms with Gasteiger partial charge in [0.15, 0.2) is 0 Å². The van der Waals surface area contributed by atoms with Gasteiger partial charge in [0.25, 0.3) is 10.0 Å². The molecule has 3 aromatic rings. The molecule has 3 aromatic carbocycles. The molecular weight excluding hydrogens is 434 g/mol. The molecule has 0 bridgehead atoms. The summed E-state index contributed by atoms with van der Waals surface area (Å²) in [5, 5.41) is 12.0. The molecule has 0 heterocycles. The number of sulfonamides is 1. The zero-order valence-corrected chi connectivity index (χ0v) is 18.3. The lowest BCUT2D eigenvalue weighted by Crippen LogP contribution is -2.26. The Balaban J connectivity index is 1.64. The average molecular weight is 454 g/mol. The highest BCUT2D eigenvalue weighted by atomic mass is 35.5. The Bertz CT molecular complexity index is 1200. The highest BCUT2D eigenvalue weighted by molar-refractivity contribution is 7.92. The Morgan fingerprint density at radius 2 is 1.55 bits per heavy atom. The van der Waals surface area contributed by atoms with E-state index in [4.69, 9.17) is 16.9 Å². The quantitative estimate of drug-likeness (QED) is 0.573. The van der Waals surface area contributed by atoms with Crippen molar-refractivity contribution in [2.45, 2.75) is 17.7 Å². The van der Waals surface area contributed by atoms with Crippen LogP contribution in [0.15, 0.2) is 77.7 Å². The lowest BCUT2D eigenvalue weighted by molar-refractivity contribution is -0.115. The number of nitrogens with zero attached hydrogens (tertiary/aromatic N) is 2. The molecule has 0 fully saturated rings. The fourth-order valence-corrected chi connectivity index (χ4v) is 4.24. The molecule has 0 saturated heterocycles. The van der Waals surface area contributed by atoms with Crippen molar-refractivity contribution in [2.75, 3.05) is 16.7 Å². The minimum atomic E-state index is -3.72. The van der Waals surface area contributed by atoms with E-state index in [9.17, 15) is 13.2 Å². The van der Waals surface area contributed by atoms with Crippen LogP contribution >= 0.6 is 11.6 Å². The molecule has 31 heavy (non-hydrogen) atoms. The maximum atomic E-state index is 12.8. The molecule has 0 spiro atoms. The highest BCUT2D eigenvalue weighted by Gasteiger charge is 2.21. The first-order chi connectivity index (χ1) is 14.8. The van der Waals surface area contributed by atoms with Crippen molar-refractivity contribution in [3.8, 4) is 6.07 Å². The third-order valence-electron chi connectivity index (χ3n) is 4.66. The van der Waals surface area contributed by atoms with Crippen LogP contribution in [0.2, 0.25) is 5.02 Å². The molecule has 0 unspecified atom stereocenters. The van der Waals surface area contributed by atoms with E-state index in [0.717, 1.165) is 11.1 Å². The van der Waals surface area contributed by atoms with Gasteiger partial charge in [-0.15, -0.1) is 0 Å². The monoisotopic (exact) mass is 453 g/mol. The molecule has 0 atom stereocenters. The first kappa shape index (κ1) is 22.3. The molecule has 158 valence electrons. The van der Waals surface area contributed by atoms with Crippen molar-refractivity contribution in [1.29, 1.82) is 5.26 Å². The largest absolute Gasteiger partial charge is 0.326 e. The van der Waals surface area contributed by atoms with Crippen molar-refractivity contribution in [3.05, 3.63) is 88.9 Å². The number of hydrogen-bond donors (Lipinski definition) is 1. The lowest BCUT2D eigenvalue weighted by atomic mass is 10.1. The summed E-state index contributed by atoms with van der Waals surface area (Å²) in [7, 11) is -2.24. The molecule has 0 aliphatic heterocycles. The average Bonchev–Trinajstić information content (AvgIpc) is 2.75. The van der Waals surface area contributed by atoms with Gasteiger partial charge in [-0.05, 0) is 59.7 Å². The van der Waals surface area contributed by atoms with Gasteiger partial charge in [-0.2, -0.15) is 5.26 Å². The summed E-state index contributed by atoms with van der Waals surface area (Å²) in [6.07, 6.45) is 0.469. The van der Waals surface area contributed by atoms with E-state index < -0.39 is 10.0 Å². The normalized spacial score (nSPS) is 10.9. The van der Waals surface area contributed by atoms with Crippen LogP contribution in [0.5, 0.6) is 0 Å². The van der Waals surface area contributed by atoms with Gasteiger partial charge < -0.3 is 5.32 Å². The highest BCUT2D eigenvalue weighted by Crippen LogP contribution is 2.23. The molecule has 0 aliphatic rings. The summed E-state index contributed by atoms with van der Waals surface area (Å²) >= 11 is 5.84. The number of amides is 1. The van der Waals surface area contributed by atoms with E-state index >= 15 is 0 Å². The standard InChI is InChI=1S/C23H20ClN3O3S/c1-27(31(29,30)22-12-6-19(24)7-13-22)21-10-4-18(5-11-21)16-23(28)26-20-8-2-17(3-9-20)14-15-25/h2-13H,14,16H2,1H3,(H,26,28). The molecule has 0 aliphatic carbocycles. The van der Waals surface area contributed by atoms with Gasteiger partial charge in [-0.3, -0.25) is 9.10 Å². The van der Waals surface area contributed by atoms with Gasteiger partial charge in [-0.25, -0.2) is 8.42 Å². The number of rotatable bonds is 7. The predicted molar refractivity (Wildman–Crippen MR) is 122 cm³/mol. The van der Waals surface area contributed by atoms with Crippen LogP contribution in [0.3, 0.4) is 0 Å². The lowest BCUT2D eigenvalue weighted by Gasteiger charge is -2.20. The Morgan fingerprint density at radius 1 is 0.968 bits per heavy atom. The fraction of sp³-hybridized carbons (Fsp3) is 0.130. The molecule has 6 nitrogen and oxygen atoms in total. The summed E-state index contributed by atoms with van der Waals surface area (Å²) in [4.78, 5) is 12.4. The maximum absolute atomic E-state index is 12.8. The second-order valence-electron chi connectivity index (χ2n) is 6.85. The van der Waals surface area contributed by atoms with E-state index in [0.29, 0.717) is 22.8 Å². The Morgan fingerprint density at radius 3 is 2.13 bits per heavy atom. The van der Waals surface area contributed by atoms with E-state index in [1.54, 1.807) is 48.5 Å². The summed E-state index contributed by atoms with van der Waals surface area (Å²) in [6, 6.07) is 21.9. The minimum absolute atomic E-state index is 0.142. The van der Waals surface area contributed by atoms with Gasteiger partial charge in [-0.1, -0.05) is 35.9 Å². The topological polar surface area (TPSA) is 90.3 Å². The van der Waals surface area contributed by atoms with E-state index in [-0.39, 0.29) is 17.2 Å². The molecule has 0 aromatic heterocycles. The molecular formula is C23H20ClN3O3S. The first-order valence-electron chi connectivity index (χ1n) is 9.39. The van der Waals surface area contributed by atoms with Crippen molar-refractivity contribution < 1.29 is 13.2 Å². The summed E-state index contributed by atoms with van der Waals surface area (Å²) in [6.45, 7) is 0. The predicted octanol–water partition coefficient (Wildman–Crippen LogP) is 4.41. The number of nitrogens with one attached hydrogen (secondary N) is 1. The van der Waals surface area contributed by atoms with Crippen molar-refractivity contribution >= 4 is 38.9 Å². The smallest absolute Gasteiger partial charge is 0.264 e. The summed E-state index contributed by atoms with van der Waals surface area (Å²) in [5.74, 6) is -0.192. The van der Waals surface area contributed by atoms with Crippen LogP contribution in [0.25, 0.3) is 0 Å². The second kappa shape index (κ2) is 9.65. The van der Waals surface area contributed by atoms with E-state index in [2.05, 4.69) is 11.4 Å². The maximum Gasteiger partial charge on any atom is 0.264 e. The number of carbonyl (C=O) groups is 1. The summed E-state index contributed by atoms with van der Waals surface area (Å²) < 4.78 is 26.7. The Hall–Kier alpha value is -3.34. The number of carbonyl (C=O) groups excluding carboxylic acids is 1. The number of anilines is 2. The Labute approximate surface area is 186 Å². The van der Waals surface area contributed by atoms with Gasteiger partial charge >= 0.3 is 0 Å².